The summed E-state index contributed by atoms with van der Waals surface area (Å²) in [5.41, 5.74) is 2.08. The van der Waals surface area contributed by atoms with E-state index in [9.17, 15) is 9.90 Å². The summed E-state index contributed by atoms with van der Waals surface area (Å²) in [5, 5.41) is 12.1. The van der Waals surface area contributed by atoms with Gasteiger partial charge in [-0.05, 0) is 79.3 Å². The Morgan fingerprint density at radius 3 is 2.77 bits per heavy atom. The Morgan fingerprint density at radius 2 is 2.00 bits per heavy atom. The zero-order valence-corrected chi connectivity index (χ0v) is 16.0. The first-order valence-corrected chi connectivity index (χ1v) is 10.4. The fraction of sp³-hybridized carbons (Fsp3) is 0.696. The van der Waals surface area contributed by atoms with Crippen LogP contribution in [0.1, 0.15) is 58.8 Å². The van der Waals surface area contributed by atoms with Crippen LogP contribution in [-0.4, -0.2) is 23.3 Å². The minimum atomic E-state index is -0.626. The summed E-state index contributed by atoms with van der Waals surface area (Å²) < 4.78 is 5.20. The van der Waals surface area contributed by atoms with Gasteiger partial charge in [0.2, 0.25) is 0 Å². The summed E-state index contributed by atoms with van der Waals surface area (Å²) >= 11 is 0. The van der Waals surface area contributed by atoms with Gasteiger partial charge in [0.05, 0.1) is 5.60 Å². The van der Waals surface area contributed by atoms with E-state index in [2.05, 4.69) is 32.1 Å². The highest BCUT2D eigenvalue weighted by Gasteiger charge is 2.66. The molecule has 4 aliphatic carbocycles. The molecule has 3 heteroatoms. The lowest BCUT2D eigenvalue weighted by molar-refractivity contribution is -0.173. The molecule has 5 rings (SSSR count). The van der Waals surface area contributed by atoms with Gasteiger partial charge in [0.25, 0.3) is 0 Å². The Hall–Kier alpha value is -1.35. The molecule has 0 radical (unpaired) electrons. The van der Waals surface area contributed by atoms with E-state index in [0.29, 0.717) is 18.4 Å². The minimum Gasteiger partial charge on any atom is -0.458 e. The van der Waals surface area contributed by atoms with E-state index in [1.165, 1.54) is 18.4 Å². The maximum Gasteiger partial charge on any atom is 0.331 e. The number of cyclic esters (lactones) is 1. The summed E-state index contributed by atoms with van der Waals surface area (Å²) in [6, 6.07) is 0. The monoisotopic (exact) mass is 354 g/mol. The lowest BCUT2D eigenvalue weighted by Gasteiger charge is -2.60. The maximum absolute atomic E-state index is 12.1. The number of esters is 1. The fourth-order valence-corrected chi connectivity index (χ4v) is 7.45. The molecule has 0 aromatic carbocycles. The number of fused-ring (bicyclic) bond motifs is 5. The first-order valence-electron chi connectivity index (χ1n) is 10.4. The molecule has 6 atom stereocenters. The van der Waals surface area contributed by atoms with Gasteiger partial charge in [-0.15, -0.1) is 0 Å². The lowest BCUT2D eigenvalue weighted by atomic mass is 9.46. The summed E-state index contributed by atoms with van der Waals surface area (Å²) in [4.78, 5) is 11.6. The number of allylic oxidation sites excluding steroid dienone is 4. The van der Waals surface area contributed by atoms with Gasteiger partial charge >= 0.3 is 5.97 Å². The van der Waals surface area contributed by atoms with Crippen LogP contribution < -0.4 is 0 Å². The first-order chi connectivity index (χ1) is 12.4. The highest BCUT2D eigenvalue weighted by molar-refractivity contribution is 5.85. The Morgan fingerprint density at radius 1 is 1.15 bits per heavy atom. The first kappa shape index (κ1) is 16.8. The van der Waals surface area contributed by atoms with Crippen molar-refractivity contribution < 1.29 is 14.6 Å². The predicted molar refractivity (Wildman–Crippen MR) is 100 cm³/mol. The van der Waals surface area contributed by atoms with E-state index in [1.807, 2.05) is 0 Å². The van der Waals surface area contributed by atoms with Crippen LogP contribution in [0.4, 0.5) is 0 Å². The van der Waals surface area contributed by atoms with Crippen LogP contribution in [0, 0.1) is 28.6 Å². The molecule has 0 spiro atoms. The molecule has 2 saturated carbocycles. The third kappa shape index (κ3) is 1.96. The minimum absolute atomic E-state index is 0.139. The molecule has 0 unspecified atom stereocenters. The average molecular weight is 354 g/mol. The zero-order chi connectivity index (χ0) is 18.2. The van der Waals surface area contributed by atoms with Crippen molar-refractivity contribution in [2.24, 2.45) is 28.6 Å². The van der Waals surface area contributed by atoms with Crippen molar-refractivity contribution in [1.29, 1.82) is 0 Å². The Kier molecular flexibility index (Phi) is 3.45. The SMILES string of the molecule is C[C@]12CCC=CC1=CC[C@@H]1[C@@H]2CC[C@]2(C)[C@@H](C3=CC(=O)OC3)CC[C@]12O. The van der Waals surface area contributed by atoms with Crippen LogP contribution in [0.5, 0.6) is 0 Å². The number of aliphatic hydroxyl groups is 1. The molecule has 26 heavy (non-hydrogen) atoms. The van der Waals surface area contributed by atoms with Gasteiger partial charge in [0, 0.05) is 11.5 Å². The molecule has 0 amide bonds. The summed E-state index contributed by atoms with van der Waals surface area (Å²) in [6.45, 7) is 5.15. The molecule has 0 aromatic rings. The van der Waals surface area contributed by atoms with Crippen molar-refractivity contribution in [2.75, 3.05) is 6.61 Å². The number of carbonyl (C=O) groups is 1. The summed E-state index contributed by atoms with van der Waals surface area (Å²) in [5.74, 6) is 0.980. The molecular weight excluding hydrogens is 324 g/mol. The van der Waals surface area contributed by atoms with Gasteiger partial charge in [0.1, 0.15) is 6.61 Å². The van der Waals surface area contributed by atoms with Crippen LogP contribution >= 0.6 is 0 Å². The number of hydrogen-bond acceptors (Lipinski definition) is 3. The second-order valence-corrected chi connectivity index (χ2v) is 9.77. The van der Waals surface area contributed by atoms with Gasteiger partial charge in [0.15, 0.2) is 0 Å². The largest absolute Gasteiger partial charge is 0.458 e. The van der Waals surface area contributed by atoms with Gasteiger partial charge in [-0.2, -0.15) is 0 Å². The van der Waals surface area contributed by atoms with Crippen molar-refractivity contribution in [2.45, 2.75) is 64.4 Å². The molecule has 0 saturated heterocycles. The molecular formula is C23H30O3. The van der Waals surface area contributed by atoms with E-state index in [-0.39, 0.29) is 22.7 Å². The van der Waals surface area contributed by atoms with Crippen LogP contribution in [0.2, 0.25) is 0 Å². The smallest absolute Gasteiger partial charge is 0.331 e. The Balaban J connectivity index is 1.53. The van der Waals surface area contributed by atoms with Gasteiger partial charge < -0.3 is 9.84 Å². The summed E-state index contributed by atoms with van der Waals surface area (Å²) in [7, 11) is 0. The molecule has 140 valence electrons. The fourth-order valence-electron chi connectivity index (χ4n) is 7.45. The Bertz CT molecular complexity index is 747. The third-order valence-corrected chi connectivity index (χ3v) is 8.98. The van der Waals surface area contributed by atoms with E-state index in [0.717, 1.165) is 37.7 Å². The van der Waals surface area contributed by atoms with Gasteiger partial charge in [-0.3, -0.25) is 0 Å². The van der Waals surface area contributed by atoms with Crippen LogP contribution in [-0.2, 0) is 9.53 Å². The normalized spacial score (nSPS) is 49.7. The maximum atomic E-state index is 12.1. The lowest BCUT2D eigenvalue weighted by Crippen LogP contribution is -2.60. The van der Waals surface area contributed by atoms with E-state index < -0.39 is 5.60 Å². The van der Waals surface area contributed by atoms with Crippen molar-refractivity contribution in [3.8, 4) is 0 Å². The number of hydrogen-bond donors (Lipinski definition) is 1. The quantitative estimate of drug-likeness (QED) is 0.713. The van der Waals surface area contributed by atoms with Crippen molar-refractivity contribution in [3.05, 3.63) is 35.5 Å². The standard InChI is InChI=1S/C23H30O3/c1-21-10-4-3-5-16(21)6-7-19-18(21)8-11-22(2)17(9-12-23(19,22)25)15-13-20(24)26-14-15/h3,5-6,13,17-19,25H,4,7-12,14H2,1-2H3/t17-,18+,19-,21+,22-,23+/m1/s1. The van der Waals surface area contributed by atoms with Crippen LogP contribution in [0.15, 0.2) is 35.5 Å². The Labute approximate surface area is 156 Å². The molecule has 1 N–H and O–H groups in total. The van der Waals surface area contributed by atoms with Gasteiger partial charge in [-0.25, -0.2) is 4.79 Å². The molecule has 2 fully saturated rings. The topological polar surface area (TPSA) is 46.5 Å². The second-order valence-electron chi connectivity index (χ2n) is 9.77. The van der Waals surface area contributed by atoms with Gasteiger partial charge in [-0.1, -0.05) is 32.1 Å². The highest BCUT2D eigenvalue weighted by atomic mass is 16.5. The second kappa shape index (κ2) is 5.34. The highest BCUT2D eigenvalue weighted by Crippen LogP contribution is 2.68. The van der Waals surface area contributed by atoms with Crippen LogP contribution in [0.25, 0.3) is 0 Å². The van der Waals surface area contributed by atoms with Crippen molar-refractivity contribution in [1.82, 2.24) is 0 Å². The predicted octanol–water partition coefficient (Wildman–Crippen LogP) is 4.33. The average Bonchev–Trinajstić information content (AvgIpc) is 3.15. The molecule has 0 aromatic heterocycles. The molecule has 1 aliphatic heterocycles. The van der Waals surface area contributed by atoms with E-state index >= 15 is 0 Å². The summed E-state index contributed by atoms with van der Waals surface area (Å²) in [6.07, 6.45) is 16.2. The van der Waals surface area contributed by atoms with Crippen molar-refractivity contribution in [3.63, 3.8) is 0 Å². The number of rotatable bonds is 1. The van der Waals surface area contributed by atoms with E-state index in [1.54, 1.807) is 6.08 Å². The van der Waals surface area contributed by atoms with Crippen molar-refractivity contribution >= 4 is 5.97 Å². The molecule has 5 aliphatic rings. The molecule has 1 heterocycles. The molecule has 0 bridgehead atoms. The third-order valence-electron chi connectivity index (χ3n) is 8.98. The molecule has 3 nitrogen and oxygen atoms in total. The number of carbonyl (C=O) groups excluding carboxylic acids is 1. The zero-order valence-electron chi connectivity index (χ0n) is 16.0. The number of ether oxygens (including phenoxy) is 1. The van der Waals surface area contributed by atoms with E-state index in [4.69, 9.17) is 4.74 Å². The van der Waals surface area contributed by atoms with Crippen LogP contribution in [0.3, 0.4) is 0 Å².